The normalized spacial score (nSPS) is 54.4. The summed E-state index contributed by atoms with van der Waals surface area (Å²) in [6.45, 7) is 9.05. The summed E-state index contributed by atoms with van der Waals surface area (Å²) in [4.78, 5) is 0. The molecule has 0 radical (unpaired) electrons. The van der Waals surface area contributed by atoms with Gasteiger partial charge in [0, 0.05) is 5.92 Å². The predicted molar refractivity (Wildman–Crippen MR) is 218 cm³/mol. The number of aliphatic hydroxyl groups excluding tert-OH is 10. The molecule has 8 aliphatic rings. The summed E-state index contributed by atoms with van der Waals surface area (Å²) in [6, 6.07) is 0. The van der Waals surface area contributed by atoms with Gasteiger partial charge < -0.3 is 89.3 Å². The molecule has 0 aromatic rings. The van der Waals surface area contributed by atoms with E-state index >= 15 is 0 Å². The highest BCUT2D eigenvalue weighted by Crippen LogP contribution is 2.70. The van der Waals surface area contributed by atoms with Gasteiger partial charge in [-0.25, -0.2) is 0 Å². The van der Waals surface area contributed by atoms with Crippen molar-refractivity contribution in [2.75, 3.05) is 19.8 Å². The van der Waals surface area contributed by atoms with Crippen LogP contribution in [-0.2, 0) is 33.2 Å². The fraction of sp³-hybridized carbons (Fsp3) is 0.911. The molecule has 4 aliphatic carbocycles. The zero-order valence-corrected chi connectivity index (χ0v) is 36.9. The van der Waals surface area contributed by atoms with Crippen molar-refractivity contribution >= 4 is 0 Å². The van der Waals surface area contributed by atoms with Gasteiger partial charge in [-0.05, 0) is 106 Å². The van der Waals surface area contributed by atoms with Gasteiger partial charge in [0.1, 0.15) is 84.6 Å². The van der Waals surface area contributed by atoms with Crippen molar-refractivity contribution < 1.29 is 89.3 Å². The Morgan fingerprint density at radius 3 is 2.11 bits per heavy atom. The van der Waals surface area contributed by atoms with Gasteiger partial charge in [0.15, 0.2) is 18.9 Å². The van der Waals surface area contributed by atoms with E-state index in [0.29, 0.717) is 42.8 Å². The van der Waals surface area contributed by atoms with Crippen molar-refractivity contribution in [3.8, 4) is 0 Å². The first kappa shape index (κ1) is 48.1. The Labute approximate surface area is 368 Å². The third-order valence-electron chi connectivity index (χ3n) is 16.8. The van der Waals surface area contributed by atoms with E-state index in [1.807, 2.05) is 19.9 Å². The van der Waals surface area contributed by atoms with E-state index in [2.05, 4.69) is 19.9 Å². The second kappa shape index (κ2) is 18.3. The first-order valence-electron chi connectivity index (χ1n) is 23.1. The van der Waals surface area contributed by atoms with E-state index < -0.39 is 111 Å². The lowest BCUT2D eigenvalue weighted by atomic mass is 9.46. The van der Waals surface area contributed by atoms with E-state index in [4.69, 9.17) is 33.2 Å². The molecule has 18 heteroatoms. The van der Waals surface area contributed by atoms with Crippen LogP contribution in [0.4, 0.5) is 0 Å². The fourth-order valence-electron chi connectivity index (χ4n) is 13.2. The molecule has 4 aliphatic heterocycles. The minimum absolute atomic E-state index is 0.0743. The molecule has 7 fully saturated rings. The number of hydrogen-bond donors (Lipinski definition) is 11. The van der Waals surface area contributed by atoms with Gasteiger partial charge in [-0.1, -0.05) is 32.4 Å². The zero-order chi connectivity index (χ0) is 45.5. The maximum Gasteiger partial charge on any atom is 0.187 e. The molecule has 0 spiro atoms. The Hall–Kier alpha value is -1.40. The average molecular weight is 901 g/mol. The summed E-state index contributed by atoms with van der Waals surface area (Å²) in [5.41, 5.74) is -0.141. The van der Waals surface area contributed by atoms with Crippen LogP contribution in [0, 0.1) is 40.4 Å². The molecule has 25 atom stereocenters. The first-order chi connectivity index (χ1) is 29.7. The SMILES string of the molecule is C[C@H](C/C=C1\O[C@H]2C[C@H]3[C@@H]4CC=C5C[C@@H](O[C@@H]6O[C@H](CO)[C@@H](O)[C@H](O)[C@H]6O[C@@H]6O[C@@H](C)[C@H](O)[C@@H](O)[C@H]6O)CC[C@]5(C)[C@H]4CC[C@]3(C)[C@H]2[C@@]1(C)O)CO[C@@H]1O[C@H](CO)[C@@H](O)[C@H](O)[C@H]1O. The van der Waals surface area contributed by atoms with Crippen LogP contribution in [0.15, 0.2) is 23.5 Å². The maximum atomic E-state index is 12.3. The van der Waals surface area contributed by atoms with Crippen molar-refractivity contribution in [2.24, 2.45) is 40.4 Å². The molecule has 0 aromatic heterocycles. The standard InChI is InChI=1S/C45H72O18/c1-19(18-57-40-36(54)34(52)31(49)27(16-46)61-40)6-9-29-45(5,56)39-26(60-29)15-25-23-8-7-21-14-22(10-12-43(21,3)24(23)11-13-44(25,39)4)59-42-38(35(53)32(50)28(17-47)62-42)63-41-37(55)33(51)30(48)20(2)58-41/h7,9,19-20,22-28,30-42,46-56H,6,8,10-18H2,1-5H3/b29-9-/t19-,20+,22+,23-,24+,25+,26+,27-,28-,30+,31-,32-,33-,34+,35+,36-,37-,38-,39+,40-,41+,42-,43+,44+,45+/m1/s1. The zero-order valence-electron chi connectivity index (χ0n) is 36.9. The van der Waals surface area contributed by atoms with Gasteiger partial charge in [-0.2, -0.15) is 0 Å². The molecule has 3 saturated carbocycles. The van der Waals surface area contributed by atoms with Crippen LogP contribution in [0.3, 0.4) is 0 Å². The lowest BCUT2D eigenvalue weighted by Crippen LogP contribution is -2.64. The Kier molecular flexibility index (Phi) is 13.9. The van der Waals surface area contributed by atoms with Crippen LogP contribution in [-0.4, -0.2) is 186 Å². The number of ether oxygens (including phenoxy) is 7. The Bertz CT molecular complexity index is 1660. The van der Waals surface area contributed by atoms with Crippen molar-refractivity contribution in [3.63, 3.8) is 0 Å². The van der Waals surface area contributed by atoms with Crippen molar-refractivity contribution in [3.05, 3.63) is 23.5 Å². The van der Waals surface area contributed by atoms with Crippen LogP contribution in [0.5, 0.6) is 0 Å². The maximum absolute atomic E-state index is 12.3. The molecule has 0 bridgehead atoms. The van der Waals surface area contributed by atoms with Gasteiger partial charge in [-0.15, -0.1) is 0 Å². The summed E-state index contributed by atoms with van der Waals surface area (Å²) in [5.74, 6) is 1.53. The molecular formula is C45H72O18. The summed E-state index contributed by atoms with van der Waals surface area (Å²) in [5, 5.41) is 115. The van der Waals surface area contributed by atoms with Crippen LogP contribution in [0.25, 0.3) is 0 Å². The lowest BCUT2D eigenvalue weighted by molar-refractivity contribution is -0.369. The van der Waals surface area contributed by atoms with Crippen LogP contribution < -0.4 is 0 Å². The van der Waals surface area contributed by atoms with Crippen LogP contribution in [0.1, 0.15) is 86.0 Å². The number of rotatable bonds is 11. The molecule has 4 heterocycles. The van der Waals surface area contributed by atoms with E-state index in [1.54, 1.807) is 0 Å². The predicted octanol–water partition coefficient (Wildman–Crippen LogP) is -0.911. The number of allylic oxidation sites excluding steroid dienone is 2. The highest BCUT2D eigenvalue weighted by atomic mass is 16.8. The monoisotopic (exact) mass is 900 g/mol. The highest BCUT2D eigenvalue weighted by molar-refractivity contribution is 5.29. The molecule has 11 N–H and O–H groups in total. The average Bonchev–Trinajstić information content (AvgIpc) is 3.71. The summed E-state index contributed by atoms with van der Waals surface area (Å²) in [6.07, 6.45) is -10.5. The van der Waals surface area contributed by atoms with Gasteiger partial charge >= 0.3 is 0 Å². The summed E-state index contributed by atoms with van der Waals surface area (Å²) < 4.78 is 42.0. The Morgan fingerprint density at radius 2 is 1.41 bits per heavy atom. The fourth-order valence-corrected chi connectivity index (χ4v) is 13.2. The third-order valence-corrected chi connectivity index (χ3v) is 16.8. The molecule has 63 heavy (non-hydrogen) atoms. The minimum Gasteiger partial charge on any atom is -0.492 e. The van der Waals surface area contributed by atoms with Crippen molar-refractivity contribution in [1.82, 2.24) is 0 Å². The first-order valence-corrected chi connectivity index (χ1v) is 23.1. The highest BCUT2D eigenvalue weighted by Gasteiger charge is 2.69. The van der Waals surface area contributed by atoms with Crippen LogP contribution in [0.2, 0.25) is 0 Å². The second-order valence-electron chi connectivity index (χ2n) is 20.8. The topological polar surface area (TPSA) is 287 Å². The van der Waals surface area contributed by atoms with Gasteiger partial charge in [0.05, 0.1) is 32.0 Å². The van der Waals surface area contributed by atoms with Gasteiger partial charge in [0.25, 0.3) is 0 Å². The molecule has 8 rings (SSSR count). The molecule has 0 aromatic carbocycles. The summed E-state index contributed by atoms with van der Waals surface area (Å²) >= 11 is 0. The molecule has 360 valence electrons. The second-order valence-corrected chi connectivity index (χ2v) is 20.8. The van der Waals surface area contributed by atoms with E-state index in [9.17, 15) is 56.2 Å². The molecule has 0 amide bonds. The minimum atomic E-state index is -1.65. The Morgan fingerprint density at radius 1 is 0.762 bits per heavy atom. The quantitative estimate of drug-likeness (QED) is 0.112. The molecule has 0 unspecified atom stereocenters. The lowest BCUT2D eigenvalue weighted by Gasteiger charge is -2.58. The number of fused-ring (bicyclic) bond motifs is 7. The Balaban J connectivity index is 0.903. The van der Waals surface area contributed by atoms with E-state index in [0.717, 1.165) is 32.1 Å². The van der Waals surface area contributed by atoms with Gasteiger partial charge in [-0.3, -0.25) is 0 Å². The van der Waals surface area contributed by atoms with E-state index in [1.165, 1.54) is 12.5 Å². The van der Waals surface area contributed by atoms with E-state index in [-0.39, 0.29) is 41.5 Å². The smallest absolute Gasteiger partial charge is 0.187 e. The molecule has 18 nitrogen and oxygen atoms in total. The largest absolute Gasteiger partial charge is 0.492 e. The number of hydrogen-bond acceptors (Lipinski definition) is 18. The van der Waals surface area contributed by atoms with Crippen molar-refractivity contribution in [1.29, 1.82) is 0 Å². The third kappa shape index (κ3) is 8.38. The summed E-state index contributed by atoms with van der Waals surface area (Å²) in [7, 11) is 0. The van der Waals surface area contributed by atoms with Gasteiger partial charge in [0.2, 0.25) is 0 Å². The molecular weight excluding hydrogens is 828 g/mol. The van der Waals surface area contributed by atoms with Crippen molar-refractivity contribution in [2.45, 2.75) is 196 Å². The number of aliphatic hydroxyl groups is 11. The van der Waals surface area contributed by atoms with Crippen LogP contribution >= 0.6 is 0 Å². The molecule has 4 saturated heterocycles.